The Labute approximate surface area is 83.0 Å². The van der Waals surface area contributed by atoms with Gasteiger partial charge in [0.15, 0.2) is 0 Å². The van der Waals surface area contributed by atoms with Gasteiger partial charge in [-0.1, -0.05) is 0 Å². The molecule has 2 rings (SSSR count). The second kappa shape index (κ2) is 3.72. The lowest BCUT2D eigenvalue weighted by atomic mass is 10.1. The molecule has 0 saturated carbocycles. The Morgan fingerprint density at radius 3 is 3.00 bits per heavy atom. The third-order valence-electron chi connectivity index (χ3n) is 2.32. The van der Waals surface area contributed by atoms with Crippen LogP contribution in [0, 0.1) is 6.92 Å². The molecule has 0 aliphatic heterocycles. The van der Waals surface area contributed by atoms with Gasteiger partial charge < -0.3 is 5.73 Å². The summed E-state index contributed by atoms with van der Waals surface area (Å²) >= 11 is 0. The number of fused-ring (bicyclic) bond motifs is 1. The number of rotatable bonds is 2. The molecule has 0 saturated heterocycles. The van der Waals surface area contributed by atoms with E-state index in [9.17, 15) is 0 Å². The number of hydrogen-bond donors (Lipinski definition) is 1. The molecule has 0 bridgehead atoms. The van der Waals surface area contributed by atoms with Crippen LogP contribution in [0.2, 0.25) is 0 Å². The van der Waals surface area contributed by atoms with Gasteiger partial charge in [0, 0.05) is 41.5 Å². The normalized spacial score (nSPS) is 10.7. The number of hydrogen-bond acceptors (Lipinski definition) is 3. The Morgan fingerprint density at radius 2 is 2.21 bits per heavy atom. The van der Waals surface area contributed by atoms with Gasteiger partial charge >= 0.3 is 0 Å². The summed E-state index contributed by atoms with van der Waals surface area (Å²) in [5, 5.41) is 2.34. The van der Waals surface area contributed by atoms with E-state index in [1.54, 1.807) is 0 Å². The van der Waals surface area contributed by atoms with Gasteiger partial charge in [-0.3, -0.25) is 9.97 Å². The van der Waals surface area contributed by atoms with Gasteiger partial charge in [-0.05, 0) is 25.1 Å². The molecule has 0 spiro atoms. The van der Waals surface area contributed by atoms with Crippen LogP contribution in [0.1, 0.15) is 11.3 Å². The molecule has 0 amide bonds. The van der Waals surface area contributed by atoms with Crippen LogP contribution in [-0.4, -0.2) is 16.5 Å². The smallest absolute Gasteiger partial charge is 0.0498 e. The molecule has 0 aliphatic rings. The van der Waals surface area contributed by atoms with Crippen LogP contribution in [0.4, 0.5) is 0 Å². The highest BCUT2D eigenvalue weighted by Crippen LogP contribution is 2.19. The average molecular weight is 187 g/mol. The van der Waals surface area contributed by atoms with Crippen LogP contribution in [0.15, 0.2) is 24.7 Å². The zero-order valence-electron chi connectivity index (χ0n) is 8.20. The van der Waals surface area contributed by atoms with Gasteiger partial charge in [0.25, 0.3) is 0 Å². The summed E-state index contributed by atoms with van der Waals surface area (Å²) in [6.45, 7) is 2.69. The number of aromatic nitrogens is 2. The second-order valence-corrected chi connectivity index (χ2v) is 3.35. The van der Waals surface area contributed by atoms with Crippen molar-refractivity contribution in [2.24, 2.45) is 5.73 Å². The lowest BCUT2D eigenvalue weighted by Crippen LogP contribution is -2.05. The van der Waals surface area contributed by atoms with Crippen molar-refractivity contribution in [2.75, 3.05) is 6.54 Å². The molecule has 2 aromatic heterocycles. The predicted octanol–water partition coefficient (Wildman–Crippen LogP) is 1.44. The summed E-state index contributed by atoms with van der Waals surface area (Å²) in [6, 6.07) is 1.98. The zero-order valence-corrected chi connectivity index (χ0v) is 8.20. The minimum atomic E-state index is 0.633. The molecule has 2 N–H and O–H groups in total. The largest absolute Gasteiger partial charge is 0.330 e. The summed E-state index contributed by atoms with van der Waals surface area (Å²) < 4.78 is 0. The van der Waals surface area contributed by atoms with Crippen molar-refractivity contribution >= 4 is 10.8 Å². The first-order chi connectivity index (χ1) is 6.83. The van der Waals surface area contributed by atoms with Crippen LogP contribution in [-0.2, 0) is 6.42 Å². The molecule has 14 heavy (non-hydrogen) atoms. The summed E-state index contributed by atoms with van der Waals surface area (Å²) in [6.07, 6.45) is 6.37. The highest BCUT2D eigenvalue weighted by atomic mass is 14.7. The van der Waals surface area contributed by atoms with E-state index in [1.807, 2.05) is 24.7 Å². The van der Waals surface area contributed by atoms with Crippen molar-refractivity contribution < 1.29 is 0 Å². The summed E-state index contributed by atoms with van der Waals surface area (Å²) in [7, 11) is 0. The fourth-order valence-electron chi connectivity index (χ4n) is 1.71. The number of nitrogens with zero attached hydrogens (tertiary/aromatic N) is 2. The van der Waals surface area contributed by atoms with E-state index in [2.05, 4.69) is 16.9 Å². The fraction of sp³-hybridized carbons (Fsp3) is 0.273. The van der Waals surface area contributed by atoms with E-state index in [0.717, 1.165) is 17.5 Å². The molecule has 0 fully saturated rings. The second-order valence-electron chi connectivity index (χ2n) is 3.35. The zero-order chi connectivity index (χ0) is 9.97. The molecular formula is C11H13N3. The molecule has 3 heteroatoms. The van der Waals surface area contributed by atoms with Crippen molar-refractivity contribution in [1.82, 2.24) is 9.97 Å². The van der Waals surface area contributed by atoms with Crippen LogP contribution in [0.25, 0.3) is 10.8 Å². The first-order valence-corrected chi connectivity index (χ1v) is 4.71. The number of pyridine rings is 2. The quantitative estimate of drug-likeness (QED) is 0.774. The standard InChI is InChI=1S/C11H13N3/c1-8-6-13-7-9-3-5-14-10(2-4-12)11(8)9/h3,5-7H,2,4,12H2,1H3. The molecule has 0 atom stereocenters. The SMILES string of the molecule is Cc1cncc2ccnc(CCN)c12. The first kappa shape index (κ1) is 9.09. The highest BCUT2D eigenvalue weighted by Gasteiger charge is 2.03. The average Bonchev–Trinajstić information content (AvgIpc) is 2.19. The van der Waals surface area contributed by atoms with Gasteiger partial charge in [0.1, 0.15) is 0 Å². The van der Waals surface area contributed by atoms with Gasteiger partial charge in [-0.2, -0.15) is 0 Å². The Kier molecular flexibility index (Phi) is 2.41. The monoisotopic (exact) mass is 187 g/mol. The minimum Gasteiger partial charge on any atom is -0.330 e. The molecule has 0 unspecified atom stereocenters. The maximum Gasteiger partial charge on any atom is 0.0498 e. The molecule has 0 aliphatic carbocycles. The maximum absolute atomic E-state index is 5.55. The highest BCUT2D eigenvalue weighted by molar-refractivity contribution is 5.86. The van der Waals surface area contributed by atoms with Gasteiger partial charge in [-0.25, -0.2) is 0 Å². The Morgan fingerprint density at radius 1 is 1.36 bits per heavy atom. The van der Waals surface area contributed by atoms with Crippen LogP contribution in [0.5, 0.6) is 0 Å². The topological polar surface area (TPSA) is 51.8 Å². The molecular weight excluding hydrogens is 174 g/mol. The van der Waals surface area contributed by atoms with Gasteiger partial charge in [0.05, 0.1) is 0 Å². The third-order valence-corrected chi connectivity index (χ3v) is 2.32. The van der Waals surface area contributed by atoms with E-state index >= 15 is 0 Å². The van der Waals surface area contributed by atoms with Crippen molar-refractivity contribution in [3.05, 3.63) is 35.9 Å². The van der Waals surface area contributed by atoms with Crippen LogP contribution < -0.4 is 5.73 Å². The van der Waals surface area contributed by atoms with Crippen molar-refractivity contribution in [2.45, 2.75) is 13.3 Å². The fourth-order valence-corrected chi connectivity index (χ4v) is 1.71. The summed E-state index contributed by atoms with van der Waals surface area (Å²) in [5.41, 5.74) is 7.79. The molecule has 2 heterocycles. The van der Waals surface area contributed by atoms with E-state index in [-0.39, 0.29) is 0 Å². The minimum absolute atomic E-state index is 0.633. The van der Waals surface area contributed by atoms with E-state index < -0.39 is 0 Å². The lowest BCUT2D eigenvalue weighted by Gasteiger charge is -2.06. The van der Waals surface area contributed by atoms with Crippen molar-refractivity contribution in [3.8, 4) is 0 Å². The Hall–Kier alpha value is -1.48. The van der Waals surface area contributed by atoms with E-state index in [0.29, 0.717) is 6.54 Å². The van der Waals surface area contributed by atoms with Gasteiger partial charge in [-0.15, -0.1) is 0 Å². The van der Waals surface area contributed by atoms with Crippen molar-refractivity contribution in [1.29, 1.82) is 0 Å². The summed E-state index contributed by atoms with van der Waals surface area (Å²) in [5.74, 6) is 0. The van der Waals surface area contributed by atoms with Crippen molar-refractivity contribution in [3.63, 3.8) is 0 Å². The molecule has 0 aromatic carbocycles. The molecule has 2 aromatic rings. The Balaban J connectivity index is 2.71. The van der Waals surface area contributed by atoms with E-state index in [1.165, 1.54) is 10.9 Å². The maximum atomic E-state index is 5.55. The van der Waals surface area contributed by atoms with Gasteiger partial charge in [0.2, 0.25) is 0 Å². The first-order valence-electron chi connectivity index (χ1n) is 4.71. The van der Waals surface area contributed by atoms with E-state index in [4.69, 9.17) is 5.73 Å². The molecule has 72 valence electrons. The Bertz CT molecular complexity index is 446. The number of aryl methyl sites for hydroxylation is 1. The third kappa shape index (κ3) is 1.46. The lowest BCUT2D eigenvalue weighted by molar-refractivity contribution is 0.933. The van der Waals surface area contributed by atoms with Crippen LogP contribution in [0.3, 0.4) is 0 Å². The molecule has 0 radical (unpaired) electrons. The molecule has 3 nitrogen and oxygen atoms in total. The predicted molar refractivity (Wildman–Crippen MR) is 57.0 cm³/mol. The van der Waals surface area contributed by atoms with Crippen LogP contribution >= 0.6 is 0 Å². The number of nitrogens with two attached hydrogens (primary N) is 1. The summed E-state index contributed by atoms with van der Waals surface area (Å²) in [4.78, 5) is 8.50.